The SMILES string of the molecule is Cl.c1ccc(-n2nnnc2Oc2cccc(CNC3CCCCCCC3)c2)cc1. The fraction of sp³-hybridized carbons (Fsp3) is 0.409. The molecule has 0 unspecified atom stereocenters. The number of benzene rings is 2. The van der Waals surface area contributed by atoms with Gasteiger partial charge in [-0.05, 0) is 53.1 Å². The van der Waals surface area contributed by atoms with Crippen LogP contribution in [0.1, 0.15) is 50.5 Å². The Kier molecular flexibility index (Phi) is 8.02. The van der Waals surface area contributed by atoms with Crippen molar-refractivity contribution in [2.24, 2.45) is 0 Å². The van der Waals surface area contributed by atoms with E-state index in [4.69, 9.17) is 4.74 Å². The second-order valence-corrected chi connectivity index (χ2v) is 7.38. The van der Waals surface area contributed by atoms with Crippen LogP contribution in [0, 0.1) is 0 Å². The number of aromatic nitrogens is 4. The van der Waals surface area contributed by atoms with Crippen molar-refractivity contribution in [2.75, 3.05) is 0 Å². The van der Waals surface area contributed by atoms with Crippen molar-refractivity contribution in [1.82, 2.24) is 25.5 Å². The molecule has 4 rings (SSSR count). The zero-order chi connectivity index (χ0) is 19.0. The highest BCUT2D eigenvalue weighted by atomic mass is 35.5. The fourth-order valence-electron chi connectivity index (χ4n) is 3.72. The average molecular weight is 414 g/mol. The first-order valence-corrected chi connectivity index (χ1v) is 10.2. The van der Waals surface area contributed by atoms with Gasteiger partial charge in [-0.25, -0.2) is 0 Å². The monoisotopic (exact) mass is 413 g/mol. The summed E-state index contributed by atoms with van der Waals surface area (Å²) in [6.45, 7) is 0.853. The van der Waals surface area contributed by atoms with Crippen LogP contribution in [0.4, 0.5) is 0 Å². The third-order valence-electron chi connectivity index (χ3n) is 5.25. The zero-order valence-corrected chi connectivity index (χ0v) is 17.4. The third-order valence-corrected chi connectivity index (χ3v) is 5.25. The maximum absolute atomic E-state index is 5.97. The summed E-state index contributed by atoms with van der Waals surface area (Å²) in [5.74, 6) is 0.740. The van der Waals surface area contributed by atoms with Crippen LogP contribution in [0.5, 0.6) is 11.8 Å². The molecule has 0 radical (unpaired) electrons. The van der Waals surface area contributed by atoms with Crippen molar-refractivity contribution in [1.29, 1.82) is 0 Å². The number of nitrogens with one attached hydrogen (secondary N) is 1. The zero-order valence-electron chi connectivity index (χ0n) is 16.5. The number of hydrogen-bond donors (Lipinski definition) is 1. The van der Waals surface area contributed by atoms with Crippen LogP contribution in [-0.2, 0) is 6.54 Å². The maximum atomic E-state index is 5.97. The molecule has 6 nitrogen and oxygen atoms in total. The predicted octanol–water partition coefficient (Wildman–Crippen LogP) is 5.08. The van der Waals surface area contributed by atoms with Gasteiger partial charge in [0, 0.05) is 12.6 Å². The van der Waals surface area contributed by atoms with E-state index >= 15 is 0 Å². The van der Waals surface area contributed by atoms with Gasteiger partial charge in [0.25, 0.3) is 0 Å². The van der Waals surface area contributed by atoms with Gasteiger partial charge in [0.2, 0.25) is 0 Å². The molecule has 1 aliphatic carbocycles. The van der Waals surface area contributed by atoms with E-state index < -0.39 is 0 Å². The van der Waals surface area contributed by atoms with E-state index in [-0.39, 0.29) is 12.4 Å². The van der Waals surface area contributed by atoms with E-state index in [2.05, 4.69) is 33.0 Å². The Morgan fingerprint density at radius 2 is 1.69 bits per heavy atom. The summed E-state index contributed by atoms with van der Waals surface area (Å²) in [7, 11) is 0. The molecule has 7 heteroatoms. The molecule has 1 N–H and O–H groups in total. The predicted molar refractivity (Wildman–Crippen MR) is 116 cm³/mol. The Morgan fingerprint density at radius 3 is 2.48 bits per heavy atom. The summed E-state index contributed by atoms with van der Waals surface area (Å²) in [5.41, 5.74) is 2.07. The normalized spacial score (nSPS) is 15.2. The summed E-state index contributed by atoms with van der Waals surface area (Å²) in [5, 5.41) is 15.5. The molecule has 3 aromatic rings. The van der Waals surface area contributed by atoms with Gasteiger partial charge in [-0.1, -0.05) is 67.5 Å². The van der Waals surface area contributed by atoms with Gasteiger partial charge in [-0.2, -0.15) is 4.68 Å². The molecule has 1 aromatic heterocycles. The summed E-state index contributed by atoms with van der Waals surface area (Å²) >= 11 is 0. The minimum absolute atomic E-state index is 0. The minimum Gasteiger partial charge on any atom is -0.423 e. The molecular formula is C22H28ClN5O. The molecule has 0 aliphatic heterocycles. The third kappa shape index (κ3) is 6.02. The lowest BCUT2D eigenvalue weighted by Gasteiger charge is -2.21. The quantitative estimate of drug-likeness (QED) is 0.610. The topological polar surface area (TPSA) is 64.9 Å². The highest BCUT2D eigenvalue weighted by Gasteiger charge is 2.12. The van der Waals surface area contributed by atoms with Crippen molar-refractivity contribution < 1.29 is 4.74 Å². The van der Waals surface area contributed by atoms with Crippen LogP contribution in [0.15, 0.2) is 54.6 Å². The van der Waals surface area contributed by atoms with Crippen LogP contribution in [0.25, 0.3) is 5.69 Å². The highest BCUT2D eigenvalue weighted by molar-refractivity contribution is 5.85. The van der Waals surface area contributed by atoms with E-state index in [1.165, 1.54) is 50.5 Å². The standard InChI is InChI=1S/C22H27N5O.ClH/c1-2-5-11-19(12-6-3-1)23-17-18-10-9-15-21(16-18)28-22-24-25-26-27(22)20-13-7-4-8-14-20;/h4,7-10,13-16,19,23H,1-3,5-6,11-12,17H2;1H. The molecule has 1 heterocycles. The molecule has 0 bridgehead atoms. The summed E-state index contributed by atoms with van der Waals surface area (Å²) < 4.78 is 7.57. The van der Waals surface area contributed by atoms with Crippen molar-refractivity contribution >= 4 is 12.4 Å². The van der Waals surface area contributed by atoms with Crippen LogP contribution in [0.3, 0.4) is 0 Å². The Hall–Kier alpha value is -2.44. The molecule has 1 fully saturated rings. The Bertz CT molecular complexity index is 862. The van der Waals surface area contributed by atoms with Crippen molar-refractivity contribution in [3.63, 3.8) is 0 Å². The van der Waals surface area contributed by atoms with Gasteiger partial charge in [0.1, 0.15) is 5.75 Å². The molecule has 29 heavy (non-hydrogen) atoms. The van der Waals surface area contributed by atoms with E-state index in [1.807, 2.05) is 42.5 Å². The van der Waals surface area contributed by atoms with Crippen molar-refractivity contribution in [2.45, 2.75) is 57.5 Å². The number of hydrogen-bond acceptors (Lipinski definition) is 5. The van der Waals surface area contributed by atoms with Crippen molar-refractivity contribution in [3.05, 3.63) is 60.2 Å². The van der Waals surface area contributed by atoms with Crippen LogP contribution >= 0.6 is 12.4 Å². The van der Waals surface area contributed by atoms with Gasteiger partial charge in [-0.3, -0.25) is 0 Å². The van der Waals surface area contributed by atoms with E-state index in [1.54, 1.807) is 4.68 Å². The first-order chi connectivity index (χ1) is 13.9. The number of nitrogens with zero attached hydrogens (tertiary/aromatic N) is 4. The molecule has 0 amide bonds. The Morgan fingerprint density at radius 1 is 0.931 bits per heavy atom. The Balaban J connectivity index is 0.00000240. The fourth-order valence-corrected chi connectivity index (χ4v) is 3.72. The Labute approximate surface area is 178 Å². The molecule has 0 spiro atoms. The number of tetrazole rings is 1. The molecule has 1 aliphatic rings. The van der Waals surface area contributed by atoms with Gasteiger partial charge in [0.15, 0.2) is 0 Å². The van der Waals surface area contributed by atoms with Gasteiger partial charge >= 0.3 is 6.01 Å². The molecular weight excluding hydrogens is 386 g/mol. The molecule has 154 valence electrons. The van der Waals surface area contributed by atoms with Gasteiger partial charge in [0.05, 0.1) is 5.69 Å². The maximum Gasteiger partial charge on any atom is 0.345 e. The summed E-state index contributed by atoms with van der Waals surface area (Å²) in [6, 6.07) is 18.8. The number of ether oxygens (including phenoxy) is 1. The van der Waals surface area contributed by atoms with Gasteiger partial charge in [-0.15, -0.1) is 12.4 Å². The second-order valence-electron chi connectivity index (χ2n) is 7.38. The lowest BCUT2D eigenvalue weighted by atomic mass is 9.96. The summed E-state index contributed by atoms with van der Waals surface area (Å²) in [4.78, 5) is 0. The second kappa shape index (κ2) is 10.9. The van der Waals surface area contributed by atoms with E-state index in [0.29, 0.717) is 12.1 Å². The molecule has 0 saturated heterocycles. The average Bonchev–Trinajstić information content (AvgIpc) is 3.16. The van der Waals surface area contributed by atoms with Gasteiger partial charge < -0.3 is 10.1 Å². The summed E-state index contributed by atoms with van der Waals surface area (Å²) in [6.07, 6.45) is 9.37. The van der Waals surface area contributed by atoms with Crippen LogP contribution in [-0.4, -0.2) is 26.2 Å². The smallest absolute Gasteiger partial charge is 0.345 e. The highest BCUT2D eigenvalue weighted by Crippen LogP contribution is 2.23. The first-order valence-electron chi connectivity index (χ1n) is 10.2. The van der Waals surface area contributed by atoms with E-state index in [0.717, 1.165) is 18.0 Å². The first kappa shape index (κ1) is 21.3. The number of para-hydroxylation sites is 1. The molecule has 2 aromatic carbocycles. The lowest BCUT2D eigenvalue weighted by Crippen LogP contribution is -2.29. The van der Waals surface area contributed by atoms with E-state index in [9.17, 15) is 0 Å². The van der Waals surface area contributed by atoms with Crippen LogP contribution < -0.4 is 10.1 Å². The molecule has 0 atom stereocenters. The van der Waals surface area contributed by atoms with Crippen LogP contribution in [0.2, 0.25) is 0 Å². The number of halogens is 1. The number of rotatable bonds is 6. The van der Waals surface area contributed by atoms with Crippen molar-refractivity contribution in [3.8, 4) is 17.4 Å². The minimum atomic E-state index is 0. The lowest BCUT2D eigenvalue weighted by molar-refractivity contribution is 0.388. The largest absolute Gasteiger partial charge is 0.423 e. The molecule has 1 saturated carbocycles.